The third-order valence-electron chi connectivity index (χ3n) is 3.86. The van der Waals surface area contributed by atoms with E-state index in [0.29, 0.717) is 29.5 Å². The van der Waals surface area contributed by atoms with Crippen LogP contribution in [0.25, 0.3) is 16.9 Å². The van der Waals surface area contributed by atoms with Crippen LogP contribution in [0.2, 0.25) is 0 Å². The van der Waals surface area contributed by atoms with Gasteiger partial charge in [0, 0.05) is 17.9 Å². The summed E-state index contributed by atoms with van der Waals surface area (Å²) >= 11 is 0. The van der Waals surface area contributed by atoms with Crippen molar-refractivity contribution in [2.75, 3.05) is 23.8 Å². The Hall–Kier alpha value is -3.45. The smallest absolute Gasteiger partial charge is 0.231 e. The van der Waals surface area contributed by atoms with Crippen LogP contribution in [0.15, 0.2) is 67.0 Å². The molecule has 4 aromatic rings. The van der Waals surface area contributed by atoms with Crippen molar-refractivity contribution in [1.82, 2.24) is 19.5 Å². The number of hydrogen-bond acceptors (Lipinski definition) is 6. The molecule has 0 radical (unpaired) electrons. The van der Waals surface area contributed by atoms with E-state index in [9.17, 15) is 0 Å². The first kappa shape index (κ1) is 16.0. The number of para-hydroxylation sites is 2. The molecule has 0 fully saturated rings. The van der Waals surface area contributed by atoms with Crippen LogP contribution in [0.1, 0.15) is 0 Å². The van der Waals surface area contributed by atoms with E-state index in [0.717, 1.165) is 11.4 Å². The highest BCUT2D eigenvalue weighted by molar-refractivity contribution is 5.85. The van der Waals surface area contributed by atoms with Crippen LogP contribution >= 0.6 is 0 Å². The van der Waals surface area contributed by atoms with E-state index < -0.39 is 0 Å². The van der Waals surface area contributed by atoms with Crippen LogP contribution in [0.3, 0.4) is 0 Å². The van der Waals surface area contributed by atoms with E-state index in [2.05, 4.69) is 25.6 Å². The molecule has 130 valence electrons. The van der Waals surface area contributed by atoms with Crippen LogP contribution < -0.4 is 10.6 Å². The molecule has 0 aliphatic rings. The molecule has 0 atom stereocenters. The summed E-state index contributed by atoms with van der Waals surface area (Å²) in [5, 5.41) is 15.5. The first-order valence-corrected chi connectivity index (χ1v) is 8.32. The van der Waals surface area contributed by atoms with Crippen molar-refractivity contribution in [3.63, 3.8) is 0 Å². The summed E-state index contributed by atoms with van der Waals surface area (Å²) < 4.78 is 1.91. The van der Waals surface area contributed by atoms with Crippen molar-refractivity contribution < 1.29 is 5.11 Å². The highest BCUT2D eigenvalue weighted by Gasteiger charge is 2.14. The zero-order valence-electron chi connectivity index (χ0n) is 14.0. The van der Waals surface area contributed by atoms with E-state index in [1.807, 2.05) is 65.2 Å². The Balaban J connectivity index is 1.82. The molecule has 4 rings (SSSR count). The molecule has 7 heteroatoms. The number of aliphatic hydroxyl groups excluding tert-OH is 1. The van der Waals surface area contributed by atoms with Crippen molar-refractivity contribution in [3.05, 3.63) is 67.0 Å². The van der Waals surface area contributed by atoms with Gasteiger partial charge in [0.05, 0.1) is 6.61 Å². The second kappa shape index (κ2) is 7.20. The number of nitrogens with one attached hydrogen (secondary N) is 2. The fourth-order valence-corrected chi connectivity index (χ4v) is 2.68. The van der Waals surface area contributed by atoms with E-state index in [1.165, 1.54) is 0 Å². The molecule has 2 heterocycles. The van der Waals surface area contributed by atoms with Gasteiger partial charge in [0.25, 0.3) is 0 Å². The summed E-state index contributed by atoms with van der Waals surface area (Å²) in [5.41, 5.74) is 3.20. The molecular formula is C19H18N6O. The normalized spacial score (nSPS) is 10.8. The Morgan fingerprint density at radius 1 is 0.923 bits per heavy atom. The third-order valence-corrected chi connectivity index (χ3v) is 3.86. The van der Waals surface area contributed by atoms with Gasteiger partial charge in [0.2, 0.25) is 5.95 Å². The molecule has 0 aliphatic heterocycles. The van der Waals surface area contributed by atoms with Gasteiger partial charge in [-0.1, -0.05) is 36.4 Å². The number of hydrogen-bond donors (Lipinski definition) is 3. The van der Waals surface area contributed by atoms with Crippen LogP contribution in [0.5, 0.6) is 0 Å². The second-order valence-electron chi connectivity index (χ2n) is 5.66. The maximum Gasteiger partial charge on any atom is 0.231 e. The maximum absolute atomic E-state index is 9.14. The molecule has 0 spiro atoms. The predicted octanol–water partition coefficient (Wildman–Crippen LogP) is 2.96. The minimum absolute atomic E-state index is 0.00629. The molecule has 0 amide bonds. The number of aromatic nitrogens is 4. The summed E-state index contributed by atoms with van der Waals surface area (Å²) in [6.07, 6.45) is 1.73. The highest BCUT2D eigenvalue weighted by Crippen LogP contribution is 2.24. The van der Waals surface area contributed by atoms with Crippen molar-refractivity contribution in [3.8, 4) is 5.69 Å². The molecule has 3 N–H and O–H groups in total. The van der Waals surface area contributed by atoms with Crippen LogP contribution in [-0.2, 0) is 0 Å². The zero-order chi connectivity index (χ0) is 17.8. The first-order valence-electron chi connectivity index (χ1n) is 8.32. The molecule has 0 bridgehead atoms. The Labute approximate surface area is 150 Å². The van der Waals surface area contributed by atoms with Crippen molar-refractivity contribution >= 4 is 28.6 Å². The highest BCUT2D eigenvalue weighted by atomic mass is 16.3. The Morgan fingerprint density at radius 2 is 1.65 bits per heavy atom. The average molecular weight is 346 g/mol. The predicted molar refractivity (Wildman–Crippen MR) is 102 cm³/mol. The second-order valence-corrected chi connectivity index (χ2v) is 5.66. The largest absolute Gasteiger partial charge is 0.395 e. The van der Waals surface area contributed by atoms with E-state index in [4.69, 9.17) is 5.11 Å². The number of fused-ring (bicyclic) bond motifs is 1. The lowest BCUT2D eigenvalue weighted by atomic mass is 10.3. The number of rotatable bonds is 6. The zero-order valence-corrected chi connectivity index (χ0v) is 14.0. The quantitative estimate of drug-likeness (QED) is 0.497. The fourth-order valence-electron chi connectivity index (χ4n) is 2.68. The van der Waals surface area contributed by atoms with Crippen molar-refractivity contribution in [1.29, 1.82) is 0 Å². The van der Waals surface area contributed by atoms with Crippen LogP contribution in [-0.4, -0.2) is 37.8 Å². The first-order chi connectivity index (χ1) is 12.8. The third kappa shape index (κ3) is 3.20. The van der Waals surface area contributed by atoms with Gasteiger partial charge in [-0.15, -0.1) is 0 Å². The minimum atomic E-state index is 0.00629. The van der Waals surface area contributed by atoms with Gasteiger partial charge >= 0.3 is 0 Å². The lowest BCUT2D eigenvalue weighted by Crippen LogP contribution is -2.10. The van der Waals surface area contributed by atoms with Crippen molar-refractivity contribution in [2.24, 2.45) is 0 Å². The molecule has 0 saturated heterocycles. The Bertz CT molecular complexity index is 1000. The molecule has 0 aliphatic carbocycles. The van der Waals surface area contributed by atoms with Gasteiger partial charge in [-0.2, -0.15) is 9.97 Å². The van der Waals surface area contributed by atoms with Gasteiger partial charge < -0.3 is 15.7 Å². The van der Waals surface area contributed by atoms with Crippen LogP contribution in [0.4, 0.5) is 17.5 Å². The molecule has 26 heavy (non-hydrogen) atoms. The SMILES string of the molecule is OCCNc1nc(Nc2ccccc2)nc2c1ncn2-c1ccccc1. The van der Waals surface area contributed by atoms with Crippen LogP contribution in [0, 0.1) is 0 Å². The fraction of sp³-hybridized carbons (Fsp3) is 0.105. The van der Waals surface area contributed by atoms with Gasteiger partial charge in [-0.05, 0) is 24.3 Å². The number of anilines is 3. The molecule has 0 saturated carbocycles. The van der Waals surface area contributed by atoms with Gasteiger partial charge in [-0.3, -0.25) is 4.57 Å². The molecule has 2 aromatic heterocycles. The summed E-state index contributed by atoms with van der Waals surface area (Å²) in [4.78, 5) is 13.6. The number of aliphatic hydroxyl groups is 1. The van der Waals surface area contributed by atoms with E-state index in [1.54, 1.807) is 6.33 Å². The van der Waals surface area contributed by atoms with Gasteiger partial charge in [0.15, 0.2) is 17.0 Å². The van der Waals surface area contributed by atoms with Gasteiger partial charge in [-0.25, -0.2) is 4.98 Å². The van der Waals surface area contributed by atoms with E-state index in [-0.39, 0.29) is 6.61 Å². The Kier molecular flexibility index (Phi) is 4.44. The summed E-state index contributed by atoms with van der Waals surface area (Å²) in [6, 6.07) is 19.6. The lowest BCUT2D eigenvalue weighted by molar-refractivity contribution is 0.311. The summed E-state index contributed by atoms with van der Waals surface area (Å²) in [5.74, 6) is 1.04. The average Bonchev–Trinajstić information content (AvgIpc) is 3.12. The Morgan fingerprint density at radius 3 is 2.38 bits per heavy atom. The molecule has 0 unspecified atom stereocenters. The maximum atomic E-state index is 9.14. The number of benzene rings is 2. The molecular weight excluding hydrogens is 328 g/mol. The standard InChI is InChI=1S/C19H18N6O/c26-12-11-20-17-16-18(25(13-21-16)15-9-5-2-6-10-15)24-19(23-17)22-14-7-3-1-4-8-14/h1-10,13,26H,11-12H2,(H2,20,22,23,24). The van der Waals surface area contributed by atoms with Crippen molar-refractivity contribution in [2.45, 2.75) is 0 Å². The number of imidazole rings is 1. The topological polar surface area (TPSA) is 87.9 Å². The van der Waals surface area contributed by atoms with E-state index >= 15 is 0 Å². The minimum Gasteiger partial charge on any atom is -0.395 e. The summed E-state index contributed by atoms with van der Waals surface area (Å²) in [6.45, 7) is 0.390. The molecule has 7 nitrogen and oxygen atoms in total. The lowest BCUT2D eigenvalue weighted by Gasteiger charge is -2.10. The number of nitrogens with zero attached hydrogens (tertiary/aromatic N) is 4. The monoisotopic (exact) mass is 346 g/mol. The molecule has 2 aromatic carbocycles. The van der Waals surface area contributed by atoms with Gasteiger partial charge in [0.1, 0.15) is 6.33 Å². The summed E-state index contributed by atoms with van der Waals surface area (Å²) in [7, 11) is 0.